The van der Waals surface area contributed by atoms with Crippen LogP contribution in [0.1, 0.15) is 6.42 Å². The highest BCUT2D eigenvalue weighted by Gasteiger charge is 2.22. The molecule has 0 bridgehead atoms. The summed E-state index contributed by atoms with van der Waals surface area (Å²) in [6, 6.07) is 0. The van der Waals surface area contributed by atoms with E-state index < -0.39 is 10.9 Å². The Hall–Kier alpha value is 0.230. The normalized spacial score (nSPS) is 32.9. The Balaban J connectivity index is 2.40. The van der Waals surface area contributed by atoms with Gasteiger partial charge in [0.05, 0.1) is 17.5 Å². The monoisotopic (exact) mass is 124 g/mol. The second kappa shape index (κ2) is 1.63. The molecule has 1 aliphatic rings. The van der Waals surface area contributed by atoms with E-state index in [1.807, 2.05) is 0 Å². The molecule has 1 rings (SSSR count). The summed E-state index contributed by atoms with van der Waals surface area (Å²) in [5, 5.41) is 0. The van der Waals surface area contributed by atoms with Gasteiger partial charge in [-0.2, -0.15) is 0 Å². The minimum Gasteiger partial charge on any atom is -0.308 e. The fourth-order valence-electron chi connectivity index (χ4n) is 0.498. The summed E-state index contributed by atoms with van der Waals surface area (Å²) in [4.78, 5) is 0. The Kier molecular flexibility index (Phi) is 1.25. The second-order valence-corrected chi connectivity index (χ2v) is 3.34. The topological polar surface area (TPSA) is 49.7 Å². The van der Waals surface area contributed by atoms with Gasteiger partial charge in [0, 0.05) is 5.75 Å². The molecule has 0 radical (unpaired) electrons. The fraction of sp³-hybridized carbons (Fsp3) is 1.00. The first-order valence-electron chi connectivity index (χ1n) is 2.11. The first kappa shape index (κ1) is 5.37. The predicted molar refractivity (Wildman–Crippen MR) is 28.3 cm³/mol. The van der Waals surface area contributed by atoms with Crippen LogP contribution in [0.2, 0.25) is 0 Å². The summed E-state index contributed by atoms with van der Waals surface area (Å²) in [6.45, 7) is 0.502. The maximum Gasteiger partial charge on any atom is 0.0836 e. The molecule has 0 aromatic rings. The average Bonchev–Trinajstić information content (AvgIpc) is 1.84. The summed E-state index contributed by atoms with van der Waals surface area (Å²) in [5.41, 5.74) is 0. The van der Waals surface area contributed by atoms with Gasteiger partial charge in [0.1, 0.15) is 0 Å². The molecule has 0 spiro atoms. The molecule has 0 atom stereocenters. The summed E-state index contributed by atoms with van der Waals surface area (Å²) in [6.07, 6.45) is 0.780. The van der Waals surface area contributed by atoms with Gasteiger partial charge in [-0.25, -0.2) is 0 Å². The highest BCUT2D eigenvalue weighted by Crippen LogP contribution is 2.44. The van der Waals surface area contributed by atoms with Gasteiger partial charge in [0.25, 0.3) is 0 Å². The largest absolute Gasteiger partial charge is 0.308 e. The van der Waals surface area contributed by atoms with E-state index in [-0.39, 0.29) is 0 Å². The lowest BCUT2D eigenvalue weighted by Crippen LogP contribution is -1.94. The Morgan fingerprint density at radius 1 is 1.43 bits per heavy atom. The molecule has 0 unspecified atom stereocenters. The van der Waals surface area contributed by atoms with Crippen LogP contribution >= 0.6 is 10.9 Å². The Bertz CT molecular complexity index is 64.6. The average molecular weight is 124 g/mol. The zero-order valence-electron chi connectivity index (χ0n) is 3.83. The summed E-state index contributed by atoms with van der Waals surface area (Å²) in [7, 11) is -2.55. The van der Waals surface area contributed by atoms with Crippen LogP contribution in [0.3, 0.4) is 0 Å². The highest BCUT2D eigenvalue weighted by molar-refractivity contribution is 8.20. The van der Waals surface area contributed by atoms with Gasteiger partial charge in [-0.15, -0.1) is 0 Å². The minimum atomic E-state index is -2.55. The summed E-state index contributed by atoms with van der Waals surface area (Å²) >= 11 is 0. The first-order chi connectivity index (χ1) is 3.21. The molecular weight excluding hydrogens is 116 g/mol. The van der Waals surface area contributed by atoms with Crippen molar-refractivity contribution in [2.24, 2.45) is 0 Å². The molecule has 1 aliphatic heterocycles. The Labute approximate surface area is 43.9 Å². The molecule has 0 aliphatic carbocycles. The quantitative estimate of drug-likeness (QED) is 0.508. The third-order valence-corrected chi connectivity index (χ3v) is 2.19. The van der Waals surface area contributed by atoms with Crippen LogP contribution in [0, 0.1) is 0 Å². The predicted octanol–water partition coefficient (Wildman–Crippen LogP) is 1.07. The van der Waals surface area contributed by atoms with E-state index in [9.17, 15) is 0 Å². The van der Waals surface area contributed by atoms with Crippen molar-refractivity contribution in [1.29, 1.82) is 0 Å². The molecule has 1 fully saturated rings. The van der Waals surface area contributed by atoms with Crippen molar-refractivity contribution in [3.05, 3.63) is 0 Å². The Morgan fingerprint density at radius 3 is 2.29 bits per heavy atom. The van der Waals surface area contributed by atoms with E-state index in [2.05, 4.69) is 4.18 Å². The molecular formula is C3H8O3S. The molecule has 44 valence electrons. The molecule has 0 aromatic heterocycles. The van der Waals surface area contributed by atoms with Crippen molar-refractivity contribution >= 4 is 10.9 Å². The maximum atomic E-state index is 8.61. The summed E-state index contributed by atoms with van der Waals surface area (Å²) < 4.78 is 21.8. The second-order valence-electron chi connectivity index (χ2n) is 1.49. The van der Waals surface area contributed by atoms with Crippen LogP contribution < -0.4 is 0 Å². The van der Waals surface area contributed by atoms with E-state index in [1.54, 1.807) is 0 Å². The molecule has 3 nitrogen and oxygen atoms in total. The zero-order valence-corrected chi connectivity index (χ0v) is 4.65. The SMILES string of the molecule is OS1(O)CCCO1. The molecule has 1 heterocycles. The standard InChI is InChI=1S/C3H8O3S/c4-7(5)3-1-2-6-7/h4-5H,1-3H2. The van der Waals surface area contributed by atoms with Crippen LogP contribution in [0.25, 0.3) is 0 Å². The van der Waals surface area contributed by atoms with Crippen molar-refractivity contribution in [2.75, 3.05) is 12.4 Å². The molecule has 0 amide bonds. The minimum absolute atomic E-state index is 0.424. The van der Waals surface area contributed by atoms with Crippen LogP contribution in [0.5, 0.6) is 0 Å². The maximum absolute atomic E-state index is 8.61. The van der Waals surface area contributed by atoms with E-state index >= 15 is 0 Å². The van der Waals surface area contributed by atoms with Gasteiger partial charge in [0.2, 0.25) is 0 Å². The van der Waals surface area contributed by atoms with Crippen molar-refractivity contribution in [1.82, 2.24) is 0 Å². The van der Waals surface area contributed by atoms with Crippen molar-refractivity contribution in [3.63, 3.8) is 0 Å². The molecule has 2 N–H and O–H groups in total. The highest BCUT2D eigenvalue weighted by atomic mass is 32.3. The smallest absolute Gasteiger partial charge is 0.0836 e. The number of hydrogen-bond acceptors (Lipinski definition) is 3. The van der Waals surface area contributed by atoms with Crippen LogP contribution in [-0.4, -0.2) is 21.5 Å². The lowest BCUT2D eigenvalue weighted by atomic mass is 10.5. The van der Waals surface area contributed by atoms with Crippen molar-refractivity contribution in [2.45, 2.75) is 6.42 Å². The molecule has 0 saturated carbocycles. The number of rotatable bonds is 0. The lowest BCUT2D eigenvalue weighted by molar-refractivity contribution is 0.299. The molecule has 0 aromatic carbocycles. The first-order valence-corrected chi connectivity index (χ1v) is 3.75. The van der Waals surface area contributed by atoms with Gasteiger partial charge >= 0.3 is 0 Å². The van der Waals surface area contributed by atoms with Crippen LogP contribution in [0.15, 0.2) is 0 Å². The van der Waals surface area contributed by atoms with Gasteiger partial charge in [-0.05, 0) is 6.42 Å². The fourth-order valence-corrected chi connectivity index (χ4v) is 1.49. The van der Waals surface area contributed by atoms with Crippen molar-refractivity contribution < 1.29 is 13.3 Å². The van der Waals surface area contributed by atoms with E-state index in [1.165, 1.54) is 0 Å². The zero-order chi connectivity index (χ0) is 5.33. The molecule has 7 heavy (non-hydrogen) atoms. The Morgan fingerprint density at radius 2 is 2.14 bits per heavy atom. The molecule has 1 saturated heterocycles. The number of hydrogen-bond donors (Lipinski definition) is 2. The van der Waals surface area contributed by atoms with Gasteiger partial charge < -0.3 is 9.11 Å². The lowest BCUT2D eigenvalue weighted by Gasteiger charge is -2.16. The van der Waals surface area contributed by atoms with Crippen LogP contribution in [-0.2, 0) is 4.18 Å². The van der Waals surface area contributed by atoms with E-state index in [0.717, 1.165) is 6.42 Å². The van der Waals surface area contributed by atoms with E-state index in [4.69, 9.17) is 9.11 Å². The summed E-state index contributed by atoms with van der Waals surface area (Å²) in [5.74, 6) is 0.424. The van der Waals surface area contributed by atoms with Gasteiger partial charge in [0.15, 0.2) is 0 Å². The van der Waals surface area contributed by atoms with Crippen LogP contribution in [0.4, 0.5) is 0 Å². The van der Waals surface area contributed by atoms with Gasteiger partial charge in [-0.1, -0.05) is 0 Å². The third-order valence-electron chi connectivity index (χ3n) is 0.827. The third kappa shape index (κ3) is 1.31. The van der Waals surface area contributed by atoms with Crippen molar-refractivity contribution in [3.8, 4) is 0 Å². The van der Waals surface area contributed by atoms with E-state index in [0.29, 0.717) is 12.4 Å². The van der Waals surface area contributed by atoms with Gasteiger partial charge in [-0.3, -0.25) is 4.18 Å². The molecule has 4 heteroatoms.